The topological polar surface area (TPSA) is 88.4 Å². The number of thiazole rings is 1. The van der Waals surface area contributed by atoms with Gasteiger partial charge in [0.25, 0.3) is 5.56 Å². The smallest absolute Gasteiger partial charge is 0.338 e. The maximum absolute atomic E-state index is 13.8. The fourth-order valence-corrected chi connectivity index (χ4v) is 5.09. The Labute approximate surface area is 206 Å². The molecule has 0 saturated heterocycles. The van der Waals surface area contributed by atoms with Gasteiger partial charge in [-0.05, 0) is 38.1 Å². The fourth-order valence-electron chi connectivity index (χ4n) is 4.06. The number of nitrogens with zero attached hydrogens (tertiary/aromatic N) is 2. The summed E-state index contributed by atoms with van der Waals surface area (Å²) in [6, 6.07) is 11.9. The Balaban J connectivity index is 2.01. The normalized spacial score (nSPS) is 15.3. The Morgan fingerprint density at radius 1 is 1.09 bits per heavy atom. The van der Waals surface area contributed by atoms with E-state index in [-0.39, 0.29) is 17.7 Å². The lowest BCUT2D eigenvalue weighted by molar-refractivity contribution is -0.139. The summed E-state index contributed by atoms with van der Waals surface area (Å²) in [6.07, 6.45) is 1.77. The number of hydrogen-bond acceptors (Lipinski definition) is 8. The Kier molecular flexibility index (Phi) is 7.07. The van der Waals surface area contributed by atoms with E-state index < -0.39 is 12.0 Å². The predicted molar refractivity (Wildman–Crippen MR) is 133 cm³/mol. The summed E-state index contributed by atoms with van der Waals surface area (Å²) in [7, 11) is 4.67. The van der Waals surface area contributed by atoms with Crippen LogP contribution < -0.4 is 29.1 Å². The van der Waals surface area contributed by atoms with E-state index in [9.17, 15) is 9.59 Å². The standard InChI is InChI=1S/C26H26N2O6S/c1-6-34-25(30)22-15(2)27-26-28(23(22)18-12-11-17(31-3)14-20(18)33-5)24(29)21(35-26)13-16-9-7-8-10-19(16)32-4/h7-14,23H,6H2,1-5H3. The summed E-state index contributed by atoms with van der Waals surface area (Å²) in [5, 5.41) is 0. The number of benzene rings is 2. The molecule has 9 heteroatoms. The third-order valence-corrected chi connectivity index (χ3v) is 6.66. The molecule has 1 aliphatic rings. The third kappa shape index (κ3) is 4.46. The monoisotopic (exact) mass is 494 g/mol. The lowest BCUT2D eigenvalue weighted by Crippen LogP contribution is -2.40. The molecule has 2 heterocycles. The fraction of sp³-hybridized carbons (Fsp3) is 0.269. The molecule has 182 valence electrons. The summed E-state index contributed by atoms with van der Waals surface area (Å²) in [4.78, 5) is 31.9. The van der Waals surface area contributed by atoms with E-state index in [0.717, 1.165) is 5.56 Å². The number of ether oxygens (including phenoxy) is 4. The number of methoxy groups -OCH3 is 3. The highest BCUT2D eigenvalue weighted by Crippen LogP contribution is 2.37. The van der Waals surface area contributed by atoms with Gasteiger partial charge in [-0.2, -0.15) is 0 Å². The Hall–Kier alpha value is -3.85. The van der Waals surface area contributed by atoms with Crippen LogP contribution >= 0.6 is 11.3 Å². The van der Waals surface area contributed by atoms with Crippen LogP contribution in [0.25, 0.3) is 6.08 Å². The average Bonchev–Trinajstić information content (AvgIpc) is 3.17. The van der Waals surface area contributed by atoms with Crippen LogP contribution in [0.2, 0.25) is 0 Å². The minimum absolute atomic E-state index is 0.195. The van der Waals surface area contributed by atoms with Gasteiger partial charge < -0.3 is 18.9 Å². The number of fused-ring (bicyclic) bond motifs is 1. The molecular weight excluding hydrogens is 468 g/mol. The van der Waals surface area contributed by atoms with Crippen LogP contribution in [0.4, 0.5) is 0 Å². The van der Waals surface area contributed by atoms with Gasteiger partial charge in [-0.1, -0.05) is 29.5 Å². The first kappa shape index (κ1) is 24.3. The van der Waals surface area contributed by atoms with Crippen LogP contribution in [0.1, 0.15) is 31.0 Å². The number of aromatic nitrogens is 1. The molecule has 4 rings (SSSR count). The summed E-state index contributed by atoms with van der Waals surface area (Å²) < 4.78 is 23.7. The van der Waals surface area contributed by atoms with Crippen molar-refractivity contribution in [2.24, 2.45) is 4.99 Å². The van der Waals surface area contributed by atoms with Crippen LogP contribution in [0.15, 0.2) is 63.5 Å². The largest absolute Gasteiger partial charge is 0.497 e. The Morgan fingerprint density at radius 3 is 2.51 bits per heavy atom. The van der Waals surface area contributed by atoms with E-state index >= 15 is 0 Å². The molecule has 35 heavy (non-hydrogen) atoms. The van der Waals surface area contributed by atoms with Gasteiger partial charge in [-0.3, -0.25) is 9.36 Å². The molecule has 0 spiro atoms. The van der Waals surface area contributed by atoms with Crippen molar-refractivity contribution in [1.82, 2.24) is 4.57 Å². The molecule has 0 radical (unpaired) electrons. The zero-order valence-electron chi connectivity index (χ0n) is 20.2. The molecule has 1 unspecified atom stereocenters. The second-order valence-electron chi connectivity index (χ2n) is 7.65. The molecule has 3 aromatic rings. The summed E-state index contributed by atoms with van der Waals surface area (Å²) in [5.74, 6) is 1.18. The molecule has 0 bridgehead atoms. The van der Waals surface area contributed by atoms with E-state index in [1.165, 1.54) is 23.0 Å². The maximum atomic E-state index is 13.8. The quantitative estimate of drug-likeness (QED) is 0.470. The van der Waals surface area contributed by atoms with Crippen molar-refractivity contribution < 1.29 is 23.7 Å². The third-order valence-electron chi connectivity index (χ3n) is 5.68. The Bertz CT molecular complexity index is 1480. The van der Waals surface area contributed by atoms with Crippen LogP contribution in [0.3, 0.4) is 0 Å². The molecule has 0 amide bonds. The summed E-state index contributed by atoms with van der Waals surface area (Å²) >= 11 is 1.25. The van der Waals surface area contributed by atoms with Gasteiger partial charge in [0.05, 0.1) is 43.7 Å². The predicted octanol–water partition coefficient (Wildman–Crippen LogP) is 2.82. The van der Waals surface area contributed by atoms with E-state index in [2.05, 4.69) is 4.99 Å². The maximum Gasteiger partial charge on any atom is 0.338 e. The van der Waals surface area contributed by atoms with Gasteiger partial charge in [0, 0.05) is 17.2 Å². The van der Waals surface area contributed by atoms with Crippen molar-refractivity contribution in [3.05, 3.63) is 84.5 Å². The first-order valence-electron chi connectivity index (χ1n) is 11.0. The van der Waals surface area contributed by atoms with Crippen LogP contribution in [0.5, 0.6) is 17.2 Å². The first-order valence-corrected chi connectivity index (χ1v) is 11.8. The molecule has 0 aliphatic carbocycles. The minimum atomic E-state index is -0.786. The minimum Gasteiger partial charge on any atom is -0.497 e. The zero-order valence-corrected chi connectivity index (χ0v) is 21.0. The lowest BCUT2D eigenvalue weighted by Gasteiger charge is -2.26. The number of allylic oxidation sites excluding steroid dienone is 1. The molecule has 0 saturated carbocycles. The van der Waals surface area contributed by atoms with Crippen molar-refractivity contribution in [2.75, 3.05) is 27.9 Å². The van der Waals surface area contributed by atoms with Gasteiger partial charge in [0.15, 0.2) is 4.80 Å². The number of para-hydroxylation sites is 1. The number of carbonyl (C=O) groups is 1. The highest BCUT2D eigenvalue weighted by Gasteiger charge is 2.35. The van der Waals surface area contributed by atoms with Gasteiger partial charge in [-0.25, -0.2) is 9.79 Å². The zero-order chi connectivity index (χ0) is 25.1. The van der Waals surface area contributed by atoms with Gasteiger partial charge in [-0.15, -0.1) is 0 Å². The van der Waals surface area contributed by atoms with E-state index in [1.54, 1.807) is 52.3 Å². The average molecular weight is 495 g/mol. The number of esters is 1. The van der Waals surface area contributed by atoms with Crippen molar-refractivity contribution in [2.45, 2.75) is 19.9 Å². The summed E-state index contributed by atoms with van der Waals surface area (Å²) in [6.45, 7) is 3.67. The second kappa shape index (κ2) is 10.2. The van der Waals surface area contributed by atoms with Gasteiger partial charge in [0.2, 0.25) is 0 Å². The highest BCUT2D eigenvalue weighted by molar-refractivity contribution is 7.07. The van der Waals surface area contributed by atoms with E-state index in [1.807, 2.05) is 24.3 Å². The number of carbonyl (C=O) groups excluding carboxylic acids is 1. The Morgan fingerprint density at radius 2 is 1.83 bits per heavy atom. The second-order valence-corrected chi connectivity index (χ2v) is 8.66. The highest BCUT2D eigenvalue weighted by atomic mass is 32.1. The van der Waals surface area contributed by atoms with Gasteiger partial charge in [0.1, 0.15) is 23.3 Å². The van der Waals surface area contributed by atoms with Crippen molar-refractivity contribution in [3.8, 4) is 17.2 Å². The van der Waals surface area contributed by atoms with Crippen LogP contribution in [-0.2, 0) is 9.53 Å². The molecule has 1 aliphatic heterocycles. The molecule has 0 N–H and O–H groups in total. The van der Waals surface area contributed by atoms with Gasteiger partial charge >= 0.3 is 5.97 Å². The van der Waals surface area contributed by atoms with Crippen LogP contribution in [-0.4, -0.2) is 38.5 Å². The first-order chi connectivity index (χ1) is 16.9. The lowest BCUT2D eigenvalue weighted by atomic mass is 9.95. The summed E-state index contributed by atoms with van der Waals surface area (Å²) in [5.41, 5.74) is 1.87. The molecule has 2 aromatic carbocycles. The molecule has 0 fully saturated rings. The van der Waals surface area contributed by atoms with Crippen molar-refractivity contribution >= 4 is 23.4 Å². The SMILES string of the molecule is CCOC(=O)C1=C(C)N=c2sc(=Cc3ccccc3OC)c(=O)n2C1c1ccc(OC)cc1OC. The number of hydrogen-bond donors (Lipinski definition) is 0. The number of rotatable bonds is 7. The van der Waals surface area contributed by atoms with E-state index in [0.29, 0.717) is 37.8 Å². The van der Waals surface area contributed by atoms with Crippen molar-refractivity contribution in [3.63, 3.8) is 0 Å². The van der Waals surface area contributed by atoms with Crippen molar-refractivity contribution in [1.29, 1.82) is 0 Å². The molecule has 1 aromatic heterocycles. The molecule has 1 atom stereocenters. The van der Waals surface area contributed by atoms with E-state index in [4.69, 9.17) is 18.9 Å². The van der Waals surface area contributed by atoms with Crippen LogP contribution in [0, 0.1) is 0 Å². The molecular formula is C26H26N2O6S. The molecule has 8 nitrogen and oxygen atoms in total.